The number of aliphatic hydroxyl groups is 1. The van der Waals surface area contributed by atoms with Crippen molar-refractivity contribution in [3.8, 4) is 0 Å². The van der Waals surface area contributed by atoms with Gasteiger partial charge < -0.3 is 14.3 Å². The van der Waals surface area contributed by atoms with E-state index in [0.717, 1.165) is 4.90 Å². The molecule has 1 amide bonds. The molecular formula is C22H33NO5SSi. The zero-order valence-electron chi connectivity index (χ0n) is 19.1. The summed E-state index contributed by atoms with van der Waals surface area (Å²) in [5.41, 5.74) is -0.119. The molecule has 2 rings (SSSR count). The summed E-state index contributed by atoms with van der Waals surface area (Å²) in [7, 11) is -0.865. The molecule has 1 fully saturated rings. The molecule has 1 aromatic rings. The molecule has 1 heterocycles. The van der Waals surface area contributed by atoms with Gasteiger partial charge >= 0.3 is 5.97 Å². The van der Waals surface area contributed by atoms with Gasteiger partial charge in [0.25, 0.3) is 0 Å². The molecule has 1 aromatic carbocycles. The highest BCUT2D eigenvalue weighted by Gasteiger charge is 2.55. The van der Waals surface area contributed by atoms with Gasteiger partial charge in [-0.2, -0.15) is 0 Å². The van der Waals surface area contributed by atoms with Crippen LogP contribution in [0.5, 0.6) is 0 Å². The number of nitrogens with zero attached hydrogens (tertiary/aromatic N) is 1. The lowest BCUT2D eigenvalue weighted by Crippen LogP contribution is -2.64. The number of thioether (sulfide) groups is 1. The van der Waals surface area contributed by atoms with Crippen LogP contribution in [-0.2, 0) is 18.8 Å². The van der Waals surface area contributed by atoms with Crippen molar-refractivity contribution >= 4 is 32.0 Å². The number of methoxy groups -OCH3 is 1. The van der Waals surface area contributed by atoms with Crippen molar-refractivity contribution in [3.63, 3.8) is 0 Å². The van der Waals surface area contributed by atoms with Gasteiger partial charge in [0.05, 0.1) is 19.1 Å². The maximum atomic E-state index is 13.2. The summed E-state index contributed by atoms with van der Waals surface area (Å²) >= 11 is 1.47. The van der Waals surface area contributed by atoms with Crippen LogP contribution < -0.4 is 0 Å². The Morgan fingerprint density at radius 3 is 2.27 bits per heavy atom. The van der Waals surface area contributed by atoms with E-state index in [1.165, 1.54) is 30.7 Å². The van der Waals surface area contributed by atoms with Crippen LogP contribution in [0.2, 0.25) is 18.1 Å². The molecule has 1 N–H and O–H groups in total. The van der Waals surface area contributed by atoms with Crippen LogP contribution in [0.15, 0.2) is 46.7 Å². The van der Waals surface area contributed by atoms with Crippen molar-refractivity contribution in [1.82, 2.24) is 4.90 Å². The molecule has 30 heavy (non-hydrogen) atoms. The second kappa shape index (κ2) is 9.16. The zero-order chi connectivity index (χ0) is 22.9. The van der Waals surface area contributed by atoms with Gasteiger partial charge in [-0.15, -0.1) is 0 Å². The fourth-order valence-corrected chi connectivity index (χ4v) is 5.97. The number of allylic oxidation sites excluding steroid dienone is 1. The maximum Gasteiger partial charge on any atom is 0.358 e. The van der Waals surface area contributed by atoms with E-state index in [1.54, 1.807) is 0 Å². The minimum Gasteiger partial charge on any atom is -0.510 e. The number of carbonyl (C=O) groups is 2. The van der Waals surface area contributed by atoms with Gasteiger partial charge in [-0.3, -0.25) is 9.69 Å². The minimum absolute atomic E-state index is 0.00851. The number of amides is 1. The average molecular weight is 452 g/mol. The Morgan fingerprint density at radius 1 is 1.23 bits per heavy atom. The summed E-state index contributed by atoms with van der Waals surface area (Å²) in [6.45, 7) is 14.1. The maximum absolute atomic E-state index is 13.2. The minimum atomic E-state index is -2.10. The molecule has 0 radical (unpaired) electrons. The third kappa shape index (κ3) is 4.92. The van der Waals surface area contributed by atoms with Gasteiger partial charge in [-0.1, -0.05) is 50.7 Å². The predicted molar refractivity (Wildman–Crippen MR) is 122 cm³/mol. The molecule has 0 bridgehead atoms. The second-order valence-electron chi connectivity index (χ2n) is 9.06. The normalized spacial score (nSPS) is 21.6. The summed E-state index contributed by atoms with van der Waals surface area (Å²) in [5, 5.41) is 9.74. The lowest BCUT2D eigenvalue weighted by atomic mass is 9.92. The standard InChI is InChI=1S/C22H33NO5SSi/c1-14(24)18(21(26)27-6)23-19(25)17(15(2)28-30(7,8)22(3,4)5)20(23)29-16-12-10-9-11-13-16/h9-13,15,17,20,24H,1-8H3/b18-14+/t15-,17+,20-/m1/s1. The highest BCUT2D eigenvalue weighted by Crippen LogP contribution is 2.46. The van der Waals surface area contributed by atoms with Crippen molar-refractivity contribution in [2.45, 2.75) is 69.1 Å². The third-order valence-corrected chi connectivity index (χ3v) is 11.7. The molecule has 0 unspecified atom stereocenters. The van der Waals surface area contributed by atoms with Crippen molar-refractivity contribution in [3.05, 3.63) is 41.8 Å². The van der Waals surface area contributed by atoms with Crippen molar-refractivity contribution in [1.29, 1.82) is 0 Å². The molecular weight excluding hydrogens is 418 g/mol. The van der Waals surface area contributed by atoms with Gasteiger partial charge in [0.15, 0.2) is 14.0 Å². The van der Waals surface area contributed by atoms with Crippen molar-refractivity contribution in [2.24, 2.45) is 5.92 Å². The molecule has 1 aliphatic heterocycles. The Balaban J connectivity index is 2.39. The van der Waals surface area contributed by atoms with Crippen LogP contribution in [-0.4, -0.2) is 48.8 Å². The first-order valence-electron chi connectivity index (χ1n) is 10.0. The largest absolute Gasteiger partial charge is 0.510 e. The first-order chi connectivity index (χ1) is 13.8. The number of ether oxygens (including phenoxy) is 1. The van der Waals surface area contributed by atoms with E-state index in [-0.39, 0.29) is 28.5 Å². The monoisotopic (exact) mass is 451 g/mol. The topological polar surface area (TPSA) is 76.1 Å². The van der Waals surface area contributed by atoms with E-state index in [2.05, 4.69) is 33.9 Å². The lowest BCUT2D eigenvalue weighted by Gasteiger charge is -2.50. The number of rotatable bonds is 7. The number of benzene rings is 1. The first kappa shape index (κ1) is 24.5. The summed E-state index contributed by atoms with van der Waals surface area (Å²) < 4.78 is 11.3. The van der Waals surface area contributed by atoms with Crippen LogP contribution in [0.4, 0.5) is 0 Å². The van der Waals surface area contributed by atoms with E-state index >= 15 is 0 Å². The average Bonchev–Trinajstić information content (AvgIpc) is 2.64. The third-order valence-electron chi connectivity index (χ3n) is 5.84. The van der Waals surface area contributed by atoms with Gasteiger partial charge in [0.1, 0.15) is 11.1 Å². The first-order valence-corrected chi connectivity index (χ1v) is 13.8. The number of hydrogen-bond donors (Lipinski definition) is 1. The van der Waals surface area contributed by atoms with E-state index in [9.17, 15) is 14.7 Å². The number of likely N-dealkylation sites (tertiary alicyclic amines) is 1. The molecule has 0 spiro atoms. The number of hydrogen-bond acceptors (Lipinski definition) is 6. The predicted octanol–water partition coefficient (Wildman–Crippen LogP) is 4.94. The Kier molecular flexibility index (Phi) is 7.48. The van der Waals surface area contributed by atoms with Gasteiger partial charge in [-0.05, 0) is 44.1 Å². The molecule has 166 valence electrons. The lowest BCUT2D eigenvalue weighted by molar-refractivity contribution is -0.158. The fourth-order valence-electron chi connectivity index (χ4n) is 3.15. The fraction of sp³-hybridized carbons (Fsp3) is 0.545. The SMILES string of the molecule is COC(=O)/C(=C(/C)O)N1C(=O)[C@H]([C@@H](C)O[Si](C)(C)C(C)(C)C)[C@H]1Sc1ccccc1. The Labute approximate surface area is 184 Å². The Bertz CT molecular complexity index is 815. The van der Waals surface area contributed by atoms with Gasteiger partial charge in [0.2, 0.25) is 5.91 Å². The molecule has 0 aliphatic carbocycles. The Hall–Kier alpha value is -1.77. The number of esters is 1. The highest BCUT2D eigenvalue weighted by atomic mass is 32.2. The van der Waals surface area contributed by atoms with Crippen molar-refractivity contribution in [2.75, 3.05) is 7.11 Å². The summed E-state index contributed by atoms with van der Waals surface area (Å²) in [5.74, 6) is -1.67. The summed E-state index contributed by atoms with van der Waals surface area (Å²) in [6, 6.07) is 9.68. The second-order valence-corrected chi connectivity index (χ2v) is 15.0. The highest BCUT2D eigenvalue weighted by molar-refractivity contribution is 8.00. The number of β-lactam (4-membered cyclic amide) rings is 1. The van der Waals surface area contributed by atoms with Crippen molar-refractivity contribution < 1.29 is 23.9 Å². The van der Waals surface area contributed by atoms with E-state index < -0.39 is 25.6 Å². The molecule has 8 heteroatoms. The number of aliphatic hydroxyl groups excluding tert-OH is 1. The quantitative estimate of drug-likeness (QED) is 0.208. The molecule has 0 aromatic heterocycles. The van der Waals surface area contributed by atoms with E-state index in [1.807, 2.05) is 37.3 Å². The van der Waals surface area contributed by atoms with Crippen LogP contribution in [0.25, 0.3) is 0 Å². The smallest absolute Gasteiger partial charge is 0.358 e. The Morgan fingerprint density at radius 2 is 1.80 bits per heavy atom. The zero-order valence-corrected chi connectivity index (χ0v) is 20.9. The van der Waals surface area contributed by atoms with Crippen LogP contribution in [0, 0.1) is 5.92 Å². The van der Waals surface area contributed by atoms with Gasteiger partial charge in [-0.25, -0.2) is 4.79 Å². The number of carbonyl (C=O) groups excluding carboxylic acids is 2. The van der Waals surface area contributed by atoms with E-state index in [4.69, 9.17) is 9.16 Å². The van der Waals surface area contributed by atoms with Crippen LogP contribution >= 0.6 is 11.8 Å². The van der Waals surface area contributed by atoms with E-state index in [0.29, 0.717) is 0 Å². The van der Waals surface area contributed by atoms with Gasteiger partial charge in [0, 0.05) is 4.90 Å². The van der Waals surface area contributed by atoms with Crippen LogP contribution in [0.3, 0.4) is 0 Å². The summed E-state index contributed by atoms with van der Waals surface area (Å²) in [4.78, 5) is 27.8. The molecule has 0 saturated carbocycles. The molecule has 1 saturated heterocycles. The van der Waals surface area contributed by atoms with Crippen LogP contribution in [0.1, 0.15) is 34.6 Å². The molecule has 6 nitrogen and oxygen atoms in total. The molecule has 3 atom stereocenters. The summed E-state index contributed by atoms with van der Waals surface area (Å²) in [6.07, 6.45) is -0.325. The molecule has 1 aliphatic rings.